The number of aliphatic hydroxyl groups is 1. The zero-order valence-electron chi connectivity index (χ0n) is 11.4. The van der Waals surface area contributed by atoms with Gasteiger partial charge in [-0.25, -0.2) is 8.78 Å². The van der Waals surface area contributed by atoms with E-state index in [0.717, 1.165) is 12.1 Å². The van der Waals surface area contributed by atoms with E-state index in [-0.39, 0.29) is 12.1 Å². The molecule has 0 aliphatic carbocycles. The molecule has 0 fully saturated rings. The Bertz CT molecular complexity index is 642. The largest absolute Gasteiger partial charge is 0.384 e. The minimum atomic E-state index is -1.25. The highest BCUT2D eigenvalue weighted by molar-refractivity contribution is 5.94. The summed E-state index contributed by atoms with van der Waals surface area (Å²) in [6.07, 6.45) is 0. The van der Waals surface area contributed by atoms with Crippen molar-refractivity contribution < 1.29 is 18.7 Å². The predicted octanol–water partition coefficient (Wildman–Crippen LogP) is 2.60. The van der Waals surface area contributed by atoms with Crippen LogP contribution in [0.2, 0.25) is 0 Å². The molecule has 1 atom stereocenters. The second-order valence-electron chi connectivity index (χ2n) is 4.95. The molecule has 3 nitrogen and oxygen atoms in total. The maximum atomic E-state index is 13.1. The number of hydrogen-bond donors (Lipinski definition) is 2. The van der Waals surface area contributed by atoms with Gasteiger partial charge in [-0.3, -0.25) is 4.79 Å². The lowest BCUT2D eigenvalue weighted by atomic mass is 9.96. The van der Waals surface area contributed by atoms with Gasteiger partial charge in [0.2, 0.25) is 0 Å². The van der Waals surface area contributed by atoms with Crippen LogP contribution in [0.15, 0.2) is 48.5 Å². The van der Waals surface area contributed by atoms with E-state index in [1.807, 2.05) is 6.07 Å². The fourth-order valence-corrected chi connectivity index (χ4v) is 1.89. The third-order valence-corrected chi connectivity index (χ3v) is 3.17. The zero-order valence-corrected chi connectivity index (χ0v) is 11.4. The minimum Gasteiger partial charge on any atom is -0.384 e. The number of hydrogen-bond acceptors (Lipinski definition) is 2. The molecule has 0 aromatic heterocycles. The van der Waals surface area contributed by atoms with Crippen molar-refractivity contribution in [2.24, 2.45) is 0 Å². The van der Waals surface area contributed by atoms with E-state index in [9.17, 15) is 18.7 Å². The summed E-state index contributed by atoms with van der Waals surface area (Å²) in [5.41, 5.74) is -0.608. The second-order valence-corrected chi connectivity index (χ2v) is 4.95. The van der Waals surface area contributed by atoms with Crippen molar-refractivity contribution in [1.29, 1.82) is 0 Å². The van der Waals surface area contributed by atoms with Gasteiger partial charge >= 0.3 is 0 Å². The molecule has 0 radical (unpaired) electrons. The predicted molar refractivity (Wildman–Crippen MR) is 74.7 cm³/mol. The summed E-state index contributed by atoms with van der Waals surface area (Å²) in [5.74, 6) is -2.68. The van der Waals surface area contributed by atoms with Gasteiger partial charge in [0.15, 0.2) is 11.6 Å². The van der Waals surface area contributed by atoms with Crippen molar-refractivity contribution >= 4 is 5.91 Å². The first-order valence-electron chi connectivity index (χ1n) is 6.41. The van der Waals surface area contributed by atoms with E-state index in [4.69, 9.17) is 0 Å². The lowest BCUT2D eigenvalue weighted by molar-refractivity contribution is 0.0526. The van der Waals surface area contributed by atoms with Crippen LogP contribution in [0.5, 0.6) is 0 Å². The molecule has 1 amide bonds. The van der Waals surface area contributed by atoms with Crippen molar-refractivity contribution in [3.05, 3.63) is 71.3 Å². The van der Waals surface area contributed by atoms with Crippen molar-refractivity contribution in [2.75, 3.05) is 6.54 Å². The highest BCUT2D eigenvalue weighted by Gasteiger charge is 2.23. The molecular formula is C16H15F2NO2. The number of benzene rings is 2. The molecule has 21 heavy (non-hydrogen) atoms. The number of nitrogens with one attached hydrogen (secondary N) is 1. The summed E-state index contributed by atoms with van der Waals surface area (Å²) in [4.78, 5) is 11.9. The highest BCUT2D eigenvalue weighted by atomic mass is 19.2. The van der Waals surface area contributed by atoms with E-state index in [1.165, 1.54) is 6.07 Å². The number of carbonyl (C=O) groups is 1. The van der Waals surface area contributed by atoms with Gasteiger partial charge in [0.25, 0.3) is 5.91 Å². The van der Waals surface area contributed by atoms with Gasteiger partial charge in [0, 0.05) is 5.56 Å². The van der Waals surface area contributed by atoms with Crippen molar-refractivity contribution in [3.63, 3.8) is 0 Å². The monoisotopic (exact) mass is 291 g/mol. The van der Waals surface area contributed by atoms with Gasteiger partial charge in [-0.2, -0.15) is 0 Å². The van der Waals surface area contributed by atoms with Crippen LogP contribution in [0, 0.1) is 11.6 Å². The van der Waals surface area contributed by atoms with Crippen LogP contribution in [-0.2, 0) is 5.60 Å². The van der Waals surface area contributed by atoms with E-state index in [2.05, 4.69) is 5.32 Å². The normalized spacial score (nSPS) is 13.5. The molecule has 0 saturated carbocycles. The van der Waals surface area contributed by atoms with Crippen LogP contribution in [0.3, 0.4) is 0 Å². The summed E-state index contributed by atoms with van der Waals surface area (Å²) in [6.45, 7) is 1.52. The molecule has 2 rings (SSSR count). The number of amides is 1. The quantitative estimate of drug-likeness (QED) is 0.909. The molecule has 110 valence electrons. The van der Waals surface area contributed by atoms with Crippen LogP contribution in [0.1, 0.15) is 22.8 Å². The summed E-state index contributed by atoms with van der Waals surface area (Å²) < 4.78 is 25.9. The smallest absolute Gasteiger partial charge is 0.251 e. The molecule has 0 aliphatic heterocycles. The molecule has 0 saturated heterocycles. The molecule has 0 bridgehead atoms. The van der Waals surface area contributed by atoms with Gasteiger partial charge in [-0.1, -0.05) is 30.3 Å². The Morgan fingerprint density at radius 3 is 2.43 bits per heavy atom. The van der Waals surface area contributed by atoms with Gasteiger partial charge in [-0.05, 0) is 30.7 Å². The Morgan fingerprint density at radius 2 is 1.81 bits per heavy atom. The van der Waals surface area contributed by atoms with Crippen molar-refractivity contribution in [1.82, 2.24) is 5.32 Å². The van der Waals surface area contributed by atoms with E-state index in [1.54, 1.807) is 31.2 Å². The maximum absolute atomic E-state index is 13.1. The molecule has 5 heteroatoms. The molecule has 0 heterocycles. The summed E-state index contributed by atoms with van der Waals surface area (Å²) in [6, 6.07) is 11.8. The van der Waals surface area contributed by atoms with Crippen molar-refractivity contribution in [3.8, 4) is 0 Å². The third kappa shape index (κ3) is 3.64. The SMILES string of the molecule is CC(O)(CNC(=O)c1ccc(F)c(F)c1)c1ccccc1. The van der Waals surface area contributed by atoms with Gasteiger partial charge in [-0.15, -0.1) is 0 Å². The first-order chi connectivity index (χ1) is 9.90. The average Bonchev–Trinajstić information content (AvgIpc) is 2.48. The zero-order chi connectivity index (χ0) is 15.5. The third-order valence-electron chi connectivity index (χ3n) is 3.17. The fourth-order valence-electron chi connectivity index (χ4n) is 1.89. The summed E-state index contributed by atoms with van der Waals surface area (Å²) in [7, 11) is 0. The Balaban J connectivity index is 2.05. The average molecular weight is 291 g/mol. The first kappa shape index (κ1) is 15.1. The van der Waals surface area contributed by atoms with Gasteiger partial charge < -0.3 is 10.4 Å². The molecule has 1 unspecified atom stereocenters. The van der Waals surface area contributed by atoms with Crippen molar-refractivity contribution in [2.45, 2.75) is 12.5 Å². The van der Waals surface area contributed by atoms with E-state index in [0.29, 0.717) is 5.56 Å². The summed E-state index contributed by atoms with van der Waals surface area (Å²) >= 11 is 0. The second kappa shape index (κ2) is 6.01. The first-order valence-corrected chi connectivity index (χ1v) is 6.41. The Hall–Kier alpha value is -2.27. The molecule has 2 N–H and O–H groups in total. The van der Waals surface area contributed by atoms with Crippen LogP contribution < -0.4 is 5.32 Å². The van der Waals surface area contributed by atoms with Crippen LogP contribution in [-0.4, -0.2) is 17.6 Å². The summed E-state index contributed by atoms with van der Waals surface area (Å²) in [5, 5.41) is 12.8. The minimum absolute atomic E-state index is 0.00207. The molecule has 2 aromatic carbocycles. The van der Waals surface area contributed by atoms with Crippen LogP contribution in [0.4, 0.5) is 8.78 Å². The number of rotatable bonds is 4. The molecule has 2 aromatic rings. The van der Waals surface area contributed by atoms with Crippen LogP contribution in [0.25, 0.3) is 0 Å². The standard InChI is InChI=1S/C16H15F2NO2/c1-16(21,12-5-3-2-4-6-12)10-19-15(20)11-7-8-13(17)14(18)9-11/h2-9,21H,10H2,1H3,(H,19,20). The number of carbonyl (C=O) groups excluding carboxylic acids is 1. The topological polar surface area (TPSA) is 49.3 Å². The van der Waals surface area contributed by atoms with Gasteiger partial charge in [0.05, 0.1) is 6.54 Å². The van der Waals surface area contributed by atoms with Crippen LogP contribution >= 0.6 is 0 Å². The maximum Gasteiger partial charge on any atom is 0.251 e. The fraction of sp³-hybridized carbons (Fsp3) is 0.188. The Morgan fingerprint density at radius 1 is 1.14 bits per heavy atom. The lowest BCUT2D eigenvalue weighted by Crippen LogP contribution is -2.38. The molecular weight excluding hydrogens is 276 g/mol. The Labute approximate surface area is 121 Å². The lowest BCUT2D eigenvalue weighted by Gasteiger charge is -2.24. The van der Waals surface area contributed by atoms with E-state index < -0.39 is 23.1 Å². The van der Waals surface area contributed by atoms with Gasteiger partial charge in [0.1, 0.15) is 5.60 Å². The Kier molecular flexibility index (Phi) is 4.33. The molecule has 0 aliphatic rings. The molecule has 0 spiro atoms. The van der Waals surface area contributed by atoms with E-state index >= 15 is 0 Å². The highest BCUT2D eigenvalue weighted by Crippen LogP contribution is 2.19. The number of halogens is 2.